The van der Waals surface area contributed by atoms with Gasteiger partial charge in [-0.05, 0) is 12.1 Å². The predicted octanol–water partition coefficient (Wildman–Crippen LogP) is 2.96. The van der Waals surface area contributed by atoms with Gasteiger partial charge in [-0.2, -0.15) is 0 Å². The van der Waals surface area contributed by atoms with E-state index in [2.05, 4.69) is 15.5 Å². The Hall–Kier alpha value is -0.650. The van der Waals surface area contributed by atoms with Crippen molar-refractivity contribution in [2.45, 2.75) is 0 Å². The third-order valence-electron chi connectivity index (χ3n) is 1.42. The third-order valence-corrected chi connectivity index (χ3v) is 3.76. The van der Waals surface area contributed by atoms with Crippen LogP contribution in [0, 0.1) is 0 Å². The van der Waals surface area contributed by atoms with Crippen molar-refractivity contribution in [3.05, 3.63) is 16.5 Å². The molecule has 0 aliphatic rings. The molecule has 68 valence electrons. The van der Waals surface area contributed by atoms with E-state index < -0.39 is 0 Å². The number of nitrogens with one attached hydrogen (secondary N) is 1. The Morgan fingerprint density at radius 3 is 2.69 bits per heavy atom. The summed E-state index contributed by atoms with van der Waals surface area (Å²) < 4.78 is 0.774. The van der Waals surface area contributed by atoms with E-state index >= 15 is 0 Å². The van der Waals surface area contributed by atoms with E-state index in [0.717, 1.165) is 19.4 Å². The van der Waals surface area contributed by atoms with Gasteiger partial charge in [-0.15, -0.1) is 21.5 Å². The van der Waals surface area contributed by atoms with Gasteiger partial charge in [0, 0.05) is 7.05 Å². The Kier molecular flexibility index (Phi) is 2.48. The fourth-order valence-corrected chi connectivity index (χ4v) is 2.64. The number of halogens is 1. The van der Waals surface area contributed by atoms with Crippen LogP contribution in [-0.4, -0.2) is 17.2 Å². The molecular weight excluding hydrogens is 226 g/mol. The number of aromatic nitrogens is 2. The normalized spacial score (nSPS) is 10.3. The Labute approximate surface area is 88.4 Å². The van der Waals surface area contributed by atoms with Crippen LogP contribution in [0.15, 0.2) is 12.1 Å². The quantitative estimate of drug-likeness (QED) is 0.864. The van der Waals surface area contributed by atoms with Gasteiger partial charge in [0.2, 0.25) is 5.13 Å². The monoisotopic (exact) mass is 231 g/mol. The number of nitrogens with zero attached hydrogens (tertiary/aromatic N) is 2. The molecular formula is C7H6ClN3S2. The van der Waals surface area contributed by atoms with Crippen LogP contribution < -0.4 is 5.32 Å². The second kappa shape index (κ2) is 3.61. The highest BCUT2D eigenvalue weighted by Crippen LogP contribution is 2.33. The standard InChI is InChI=1S/C7H6ClN3S2/c1-9-7-11-10-6(13-7)4-2-3-5(8)12-4/h2-3H,1H3,(H,9,11). The molecule has 13 heavy (non-hydrogen) atoms. The van der Waals surface area contributed by atoms with Crippen molar-refractivity contribution in [1.82, 2.24) is 10.2 Å². The number of rotatable bonds is 2. The topological polar surface area (TPSA) is 37.8 Å². The summed E-state index contributed by atoms with van der Waals surface area (Å²) in [7, 11) is 1.83. The van der Waals surface area contributed by atoms with Crippen LogP contribution in [0.4, 0.5) is 5.13 Å². The maximum Gasteiger partial charge on any atom is 0.205 e. The molecule has 0 saturated carbocycles. The smallest absolute Gasteiger partial charge is 0.205 e. The molecule has 0 aliphatic heterocycles. The number of thiophene rings is 1. The molecule has 1 N–H and O–H groups in total. The van der Waals surface area contributed by atoms with Crippen molar-refractivity contribution in [1.29, 1.82) is 0 Å². The minimum Gasteiger partial charge on any atom is -0.363 e. The van der Waals surface area contributed by atoms with E-state index in [1.54, 1.807) is 0 Å². The van der Waals surface area contributed by atoms with Gasteiger partial charge < -0.3 is 5.32 Å². The zero-order valence-electron chi connectivity index (χ0n) is 6.74. The van der Waals surface area contributed by atoms with Crippen molar-refractivity contribution in [2.75, 3.05) is 12.4 Å². The lowest BCUT2D eigenvalue weighted by atomic mass is 10.5. The second-order valence-electron chi connectivity index (χ2n) is 2.27. The van der Waals surface area contributed by atoms with Crippen molar-refractivity contribution < 1.29 is 0 Å². The van der Waals surface area contributed by atoms with Crippen molar-refractivity contribution >= 4 is 39.4 Å². The molecule has 2 heterocycles. The third kappa shape index (κ3) is 1.82. The van der Waals surface area contributed by atoms with Crippen molar-refractivity contribution in [3.8, 4) is 9.88 Å². The second-order valence-corrected chi connectivity index (χ2v) is 4.96. The molecule has 0 aliphatic carbocycles. The Morgan fingerprint density at radius 2 is 2.15 bits per heavy atom. The molecule has 0 amide bonds. The fraction of sp³-hybridized carbons (Fsp3) is 0.143. The van der Waals surface area contributed by atoms with E-state index in [1.165, 1.54) is 22.7 Å². The minimum atomic E-state index is 0.774. The van der Waals surface area contributed by atoms with Crippen LogP contribution in [0.3, 0.4) is 0 Å². The maximum atomic E-state index is 5.81. The van der Waals surface area contributed by atoms with Gasteiger partial charge in [0.25, 0.3) is 0 Å². The van der Waals surface area contributed by atoms with E-state index in [1.807, 2.05) is 19.2 Å². The van der Waals surface area contributed by atoms with Gasteiger partial charge in [0.1, 0.15) is 0 Å². The zero-order chi connectivity index (χ0) is 9.26. The highest BCUT2D eigenvalue weighted by Gasteiger charge is 2.07. The molecule has 0 bridgehead atoms. The molecule has 3 nitrogen and oxygen atoms in total. The van der Waals surface area contributed by atoms with Crippen LogP contribution >= 0.6 is 34.3 Å². The molecule has 6 heteroatoms. The average Bonchev–Trinajstić information content (AvgIpc) is 2.71. The Bertz CT molecular complexity index is 409. The summed E-state index contributed by atoms with van der Waals surface area (Å²) in [6, 6.07) is 3.81. The lowest BCUT2D eigenvalue weighted by Gasteiger charge is -1.85. The molecule has 2 aromatic rings. The molecule has 0 aromatic carbocycles. The highest BCUT2D eigenvalue weighted by molar-refractivity contribution is 7.25. The molecule has 0 atom stereocenters. The Balaban J connectivity index is 2.35. The van der Waals surface area contributed by atoms with E-state index in [0.29, 0.717) is 0 Å². The lowest BCUT2D eigenvalue weighted by molar-refractivity contribution is 1.09. The van der Waals surface area contributed by atoms with E-state index in [4.69, 9.17) is 11.6 Å². The van der Waals surface area contributed by atoms with Crippen molar-refractivity contribution in [2.24, 2.45) is 0 Å². The van der Waals surface area contributed by atoms with Gasteiger partial charge in [-0.1, -0.05) is 22.9 Å². The molecule has 2 aromatic heterocycles. The van der Waals surface area contributed by atoms with Gasteiger partial charge in [-0.25, -0.2) is 0 Å². The van der Waals surface area contributed by atoms with Crippen LogP contribution in [0.2, 0.25) is 4.34 Å². The molecule has 0 radical (unpaired) electrons. The minimum absolute atomic E-state index is 0.774. The summed E-state index contributed by atoms with van der Waals surface area (Å²) in [5.41, 5.74) is 0. The van der Waals surface area contributed by atoms with Crippen LogP contribution in [0.25, 0.3) is 9.88 Å². The van der Waals surface area contributed by atoms with E-state index in [-0.39, 0.29) is 0 Å². The molecule has 0 unspecified atom stereocenters. The van der Waals surface area contributed by atoms with Crippen LogP contribution in [0.1, 0.15) is 0 Å². The van der Waals surface area contributed by atoms with Gasteiger partial charge in [0.05, 0.1) is 9.21 Å². The summed E-state index contributed by atoms with van der Waals surface area (Å²) >= 11 is 8.84. The van der Waals surface area contributed by atoms with E-state index in [9.17, 15) is 0 Å². The summed E-state index contributed by atoms with van der Waals surface area (Å²) in [4.78, 5) is 1.06. The molecule has 0 spiro atoms. The number of anilines is 1. The Morgan fingerprint density at radius 1 is 1.31 bits per heavy atom. The van der Waals surface area contributed by atoms with Gasteiger partial charge in [-0.3, -0.25) is 0 Å². The summed E-state index contributed by atoms with van der Waals surface area (Å²) in [6.45, 7) is 0. The number of hydrogen-bond donors (Lipinski definition) is 1. The van der Waals surface area contributed by atoms with Gasteiger partial charge in [0.15, 0.2) is 5.01 Å². The summed E-state index contributed by atoms with van der Waals surface area (Å²) in [5, 5.41) is 12.6. The summed E-state index contributed by atoms with van der Waals surface area (Å²) in [6.07, 6.45) is 0. The first-order chi connectivity index (χ1) is 6.29. The first-order valence-corrected chi connectivity index (χ1v) is 5.57. The first-order valence-electron chi connectivity index (χ1n) is 3.56. The van der Waals surface area contributed by atoms with Crippen molar-refractivity contribution in [3.63, 3.8) is 0 Å². The number of hydrogen-bond acceptors (Lipinski definition) is 5. The first kappa shape index (κ1) is 8.93. The highest BCUT2D eigenvalue weighted by atomic mass is 35.5. The predicted molar refractivity (Wildman–Crippen MR) is 57.8 cm³/mol. The SMILES string of the molecule is CNc1nnc(-c2ccc(Cl)s2)s1. The zero-order valence-corrected chi connectivity index (χ0v) is 9.13. The molecule has 0 saturated heterocycles. The van der Waals surface area contributed by atoms with Gasteiger partial charge >= 0.3 is 0 Å². The molecule has 2 rings (SSSR count). The maximum absolute atomic E-state index is 5.81. The lowest BCUT2D eigenvalue weighted by Crippen LogP contribution is -1.84. The largest absolute Gasteiger partial charge is 0.363 e. The fourth-order valence-electron chi connectivity index (χ4n) is 0.853. The van der Waals surface area contributed by atoms with Crippen LogP contribution in [-0.2, 0) is 0 Å². The van der Waals surface area contributed by atoms with Crippen LogP contribution in [0.5, 0.6) is 0 Å². The average molecular weight is 232 g/mol. The summed E-state index contributed by atoms with van der Waals surface area (Å²) in [5.74, 6) is 0. The molecule has 0 fully saturated rings.